The molecule has 6 heteroatoms. The van der Waals surface area contributed by atoms with Gasteiger partial charge in [-0.15, -0.1) is 0 Å². The van der Waals surface area contributed by atoms with E-state index in [2.05, 4.69) is 20.9 Å². The van der Waals surface area contributed by atoms with E-state index in [9.17, 15) is 13.2 Å². The predicted molar refractivity (Wildman–Crippen MR) is 74.0 cm³/mol. The number of hydrogen-bond donors (Lipinski definition) is 1. The minimum absolute atomic E-state index is 0.376. The van der Waals surface area contributed by atoms with Crippen LogP contribution in [0, 0.1) is 0 Å². The number of nitrogens with zero attached hydrogens (tertiary/aromatic N) is 1. The molecule has 0 aliphatic carbocycles. The first-order valence-electron chi connectivity index (χ1n) is 5.90. The smallest absolute Gasteiger partial charge is 0.324 e. The van der Waals surface area contributed by atoms with Crippen molar-refractivity contribution in [2.45, 2.75) is 18.6 Å². The Morgan fingerprint density at radius 1 is 1.20 bits per heavy atom. The van der Waals surface area contributed by atoms with Gasteiger partial charge >= 0.3 is 6.18 Å². The van der Waals surface area contributed by atoms with Gasteiger partial charge in [-0.25, -0.2) is 0 Å². The summed E-state index contributed by atoms with van der Waals surface area (Å²) in [4.78, 5) is 4.13. The second kappa shape index (κ2) is 5.93. The molecule has 1 aromatic heterocycles. The van der Waals surface area contributed by atoms with Crippen molar-refractivity contribution in [2.75, 3.05) is 0 Å². The lowest BCUT2D eigenvalue weighted by molar-refractivity contribution is -0.137. The highest BCUT2D eigenvalue weighted by atomic mass is 79.9. The van der Waals surface area contributed by atoms with E-state index in [1.54, 1.807) is 18.3 Å². The minimum Gasteiger partial charge on any atom is -0.324 e. The number of pyridine rings is 1. The van der Waals surface area contributed by atoms with Crippen LogP contribution in [0.25, 0.3) is 0 Å². The van der Waals surface area contributed by atoms with E-state index in [0.29, 0.717) is 16.5 Å². The number of aromatic nitrogens is 1. The Kier molecular flexibility index (Phi) is 4.45. The number of halogens is 4. The largest absolute Gasteiger partial charge is 0.416 e. The van der Waals surface area contributed by atoms with Gasteiger partial charge < -0.3 is 5.73 Å². The molecule has 0 saturated heterocycles. The van der Waals surface area contributed by atoms with Gasteiger partial charge in [0.15, 0.2) is 0 Å². The monoisotopic (exact) mass is 344 g/mol. The van der Waals surface area contributed by atoms with Crippen LogP contribution in [-0.4, -0.2) is 4.98 Å². The molecule has 1 atom stereocenters. The van der Waals surface area contributed by atoms with Gasteiger partial charge in [0.1, 0.15) is 0 Å². The average Bonchev–Trinajstić information content (AvgIpc) is 2.39. The summed E-state index contributed by atoms with van der Waals surface area (Å²) in [6, 6.07) is 8.31. The van der Waals surface area contributed by atoms with Gasteiger partial charge in [0.05, 0.1) is 5.56 Å². The summed E-state index contributed by atoms with van der Waals surface area (Å²) >= 11 is 3.24. The molecular formula is C14H12BrF3N2. The summed E-state index contributed by atoms with van der Waals surface area (Å²) in [6.07, 6.45) is -2.37. The molecule has 0 fully saturated rings. The number of nitrogens with two attached hydrogens (primary N) is 1. The van der Waals surface area contributed by atoms with Crippen LogP contribution in [0.5, 0.6) is 0 Å². The Bertz CT molecular complexity index is 585. The van der Waals surface area contributed by atoms with E-state index in [1.807, 2.05) is 6.07 Å². The SMILES string of the molecule is NC(Cc1ccccn1)c1cc(C(F)(F)F)ccc1Br. The van der Waals surface area contributed by atoms with Crippen molar-refractivity contribution in [3.05, 3.63) is 63.9 Å². The Hall–Kier alpha value is -1.40. The van der Waals surface area contributed by atoms with Crippen molar-refractivity contribution in [1.82, 2.24) is 4.98 Å². The van der Waals surface area contributed by atoms with Crippen LogP contribution in [0.1, 0.15) is 22.9 Å². The van der Waals surface area contributed by atoms with Crippen LogP contribution in [0.4, 0.5) is 13.2 Å². The van der Waals surface area contributed by atoms with E-state index in [1.165, 1.54) is 6.07 Å². The fourth-order valence-electron chi connectivity index (χ4n) is 1.86. The number of hydrogen-bond acceptors (Lipinski definition) is 2. The molecule has 2 N–H and O–H groups in total. The first-order valence-corrected chi connectivity index (χ1v) is 6.69. The quantitative estimate of drug-likeness (QED) is 0.910. The van der Waals surface area contributed by atoms with Crippen molar-refractivity contribution in [1.29, 1.82) is 0 Å². The lowest BCUT2D eigenvalue weighted by atomic mass is 10.00. The number of benzene rings is 1. The Morgan fingerprint density at radius 3 is 2.55 bits per heavy atom. The number of rotatable bonds is 3. The van der Waals surface area contributed by atoms with E-state index < -0.39 is 17.8 Å². The fraction of sp³-hybridized carbons (Fsp3) is 0.214. The first-order chi connectivity index (χ1) is 9.38. The van der Waals surface area contributed by atoms with Gasteiger partial charge in [0.2, 0.25) is 0 Å². The third kappa shape index (κ3) is 3.58. The molecule has 1 unspecified atom stereocenters. The summed E-state index contributed by atoms with van der Waals surface area (Å²) in [6.45, 7) is 0. The first kappa shape index (κ1) is 15.0. The van der Waals surface area contributed by atoms with Gasteiger partial charge in [0.25, 0.3) is 0 Å². The normalized spacial score (nSPS) is 13.2. The molecule has 0 aliphatic rings. The lowest BCUT2D eigenvalue weighted by Gasteiger charge is -2.16. The zero-order valence-corrected chi connectivity index (χ0v) is 11.9. The van der Waals surface area contributed by atoms with Gasteiger partial charge in [-0.1, -0.05) is 22.0 Å². The van der Waals surface area contributed by atoms with Crippen LogP contribution in [0.15, 0.2) is 47.1 Å². The molecule has 0 aliphatic heterocycles. The highest BCUT2D eigenvalue weighted by Gasteiger charge is 2.31. The molecular weight excluding hydrogens is 333 g/mol. The summed E-state index contributed by atoms with van der Waals surface area (Å²) in [5.74, 6) is 0. The predicted octanol–water partition coefficient (Wildman–Crippen LogP) is 4.11. The number of alkyl halides is 3. The summed E-state index contributed by atoms with van der Waals surface area (Å²) in [7, 11) is 0. The van der Waals surface area contributed by atoms with Gasteiger partial charge in [0, 0.05) is 28.8 Å². The third-order valence-corrected chi connectivity index (χ3v) is 3.60. The van der Waals surface area contributed by atoms with Crippen molar-refractivity contribution in [2.24, 2.45) is 5.73 Å². The second-order valence-electron chi connectivity index (χ2n) is 4.37. The highest BCUT2D eigenvalue weighted by molar-refractivity contribution is 9.10. The van der Waals surface area contributed by atoms with Crippen LogP contribution >= 0.6 is 15.9 Å². The molecule has 20 heavy (non-hydrogen) atoms. The van der Waals surface area contributed by atoms with Crippen LogP contribution in [0.2, 0.25) is 0 Å². The summed E-state index contributed by atoms with van der Waals surface area (Å²) in [5.41, 5.74) is 6.46. The summed E-state index contributed by atoms with van der Waals surface area (Å²) < 4.78 is 38.7. The van der Waals surface area contributed by atoms with Crippen molar-refractivity contribution in [3.63, 3.8) is 0 Å². The van der Waals surface area contributed by atoms with Crippen molar-refractivity contribution in [3.8, 4) is 0 Å². The molecule has 2 rings (SSSR count). The maximum Gasteiger partial charge on any atom is 0.416 e. The molecule has 0 bridgehead atoms. The van der Waals surface area contributed by atoms with E-state index >= 15 is 0 Å². The maximum atomic E-state index is 12.7. The van der Waals surface area contributed by atoms with Crippen molar-refractivity contribution >= 4 is 15.9 Å². The molecule has 1 heterocycles. The summed E-state index contributed by atoms with van der Waals surface area (Å²) in [5, 5.41) is 0. The van der Waals surface area contributed by atoms with Crippen molar-refractivity contribution < 1.29 is 13.2 Å². The zero-order chi connectivity index (χ0) is 14.8. The van der Waals surface area contributed by atoms with Crippen LogP contribution in [-0.2, 0) is 12.6 Å². The molecule has 2 aromatic rings. The second-order valence-corrected chi connectivity index (χ2v) is 5.22. The molecule has 106 valence electrons. The average molecular weight is 345 g/mol. The maximum absolute atomic E-state index is 12.7. The minimum atomic E-state index is -4.37. The lowest BCUT2D eigenvalue weighted by Crippen LogP contribution is -2.16. The molecule has 0 amide bonds. The van der Waals surface area contributed by atoms with E-state index in [-0.39, 0.29) is 0 Å². The molecule has 0 spiro atoms. The van der Waals surface area contributed by atoms with E-state index in [0.717, 1.165) is 17.8 Å². The molecule has 0 saturated carbocycles. The zero-order valence-electron chi connectivity index (χ0n) is 10.4. The topological polar surface area (TPSA) is 38.9 Å². The standard InChI is InChI=1S/C14H12BrF3N2/c15-12-5-4-9(14(16,17)18)7-11(12)13(19)8-10-3-1-2-6-20-10/h1-7,13H,8,19H2. The molecule has 2 nitrogen and oxygen atoms in total. The fourth-order valence-corrected chi connectivity index (χ4v) is 2.40. The van der Waals surface area contributed by atoms with Crippen LogP contribution in [0.3, 0.4) is 0 Å². The highest BCUT2D eigenvalue weighted by Crippen LogP contribution is 2.34. The van der Waals surface area contributed by atoms with Crippen LogP contribution < -0.4 is 5.73 Å². The van der Waals surface area contributed by atoms with Gasteiger partial charge in [-0.2, -0.15) is 13.2 Å². The molecule has 1 aromatic carbocycles. The Morgan fingerprint density at radius 2 is 1.95 bits per heavy atom. The van der Waals surface area contributed by atoms with Gasteiger partial charge in [-0.3, -0.25) is 4.98 Å². The molecule has 0 radical (unpaired) electrons. The Balaban J connectivity index is 2.27. The van der Waals surface area contributed by atoms with Gasteiger partial charge in [-0.05, 0) is 35.9 Å². The Labute approximate surface area is 123 Å². The third-order valence-electron chi connectivity index (χ3n) is 2.88. The van der Waals surface area contributed by atoms with E-state index in [4.69, 9.17) is 5.73 Å².